The van der Waals surface area contributed by atoms with E-state index in [-0.39, 0.29) is 5.91 Å². The van der Waals surface area contributed by atoms with Crippen LogP contribution in [0.5, 0.6) is 0 Å². The average Bonchev–Trinajstić information content (AvgIpc) is 3.16. The minimum absolute atomic E-state index is 0.260. The van der Waals surface area contributed by atoms with Crippen molar-refractivity contribution in [2.45, 2.75) is 6.92 Å². The summed E-state index contributed by atoms with van der Waals surface area (Å²) < 4.78 is 0. The standard InChI is InChI=1S/C24H17ClN4O/c1-15-13-21-22(14-20(15)26-24(30)18-10-4-5-11-19(18)25)28-29(27-21)23-12-6-8-16-7-2-3-9-17(16)23/h2-14H,1H3,(H,26,30). The van der Waals surface area contributed by atoms with E-state index in [4.69, 9.17) is 11.6 Å². The number of aromatic nitrogens is 3. The zero-order chi connectivity index (χ0) is 20.7. The van der Waals surface area contributed by atoms with Crippen molar-refractivity contribution in [3.8, 4) is 5.69 Å². The molecule has 0 saturated heterocycles. The molecular weight excluding hydrogens is 396 g/mol. The molecule has 5 nitrogen and oxygen atoms in total. The third-order valence-corrected chi connectivity index (χ3v) is 5.40. The summed E-state index contributed by atoms with van der Waals surface area (Å²) in [4.78, 5) is 14.3. The highest BCUT2D eigenvalue weighted by Gasteiger charge is 2.14. The lowest BCUT2D eigenvalue weighted by Gasteiger charge is -2.09. The molecule has 0 atom stereocenters. The van der Waals surface area contributed by atoms with Crippen molar-refractivity contribution in [1.29, 1.82) is 0 Å². The number of carbonyl (C=O) groups is 1. The molecule has 6 heteroatoms. The molecule has 0 radical (unpaired) electrons. The maximum atomic E-state index is 12.7. The number of nitrogens with one attached hydrogen (secondary N) is 1. The van der Waals surface area contributed by atoms with Gasteiger partial charge in [0, 0.05) is 11.1 Å². The second-order valence-corrected chi connectivity index (χ2v) is 7.48. The van der Waals surface area contributed by atoms with Gasteiger partial charge in [-0.1, -0.05) is 60.1 Å². The van der Waals surface area contributed by atoms with Gasteiger partial charge in [0.2, 0.25) is 0 Å². The van der Waals surface area contributed by atoms with Gasteiger partial charge in [0.1, 0.15) is 11.0 Å². The smallest absolute Gasteiger partial charge is 0.257 e. The summed E-state index contributed by atoms with van der Waals surface area (Å²) >= 11 is 6.15. The normalized spacial score (nSPS) is 11.1. The predicted molar refractivity (Wildman–Crippen MR) is 121 cm³/mol. The molecule has 0 bridgehead atoms. The monoisotopic (exact) mass is 412 g/mol. The van der Waals surface area contributed by atoms with E-state index in [0.29, 0.717) is 21.8 Å². The van der Waals surface area contributed by atoms with Gasteiger partial charge in [-0.05, 0) is 48.2 Å². The number of halogens is 1. The molecule has 5 aromatic rings. The van der Waals surface area contributed by atoms with Crippen LogP contribution in [0.3, 0.4) is 0 Å². The van der Waals surface area contributed by atoms with Crippen LogP contribution in [0.15, 0.2) is 78.9 Å². The molecule has 1 heterocycles. The number of nitrogens with zero attached hydrogens (tertiary/aromatic N) is 3. The van der Waals surface area contributed by atoms with Crippen LogP contribution in [0.25, 0.3) is 27.5 Å². The fourth-order valence-corrected chi connectivity index (χ4v) is 3.75. The first-order valence-corrected chi connectivity index (χ1v) is 9.90. The van der Waals surface area contributed by atoms with E-state index in [0.717, 1.165) is 27.5 Å². The van der Waals surface area contributed by atoms with Crippen LogP contribution in [0, 0.1) is 6.92 Å². The molecule has 4 aromatic carbocycles. The zero-order valence-electron chi connectivity index (χ0n) is 16.1. The lowest BCUT2D eigenvalue weighted by molar-refractivity contribution is 0.102. The molecule has 0 aliphatic heterocycles. The maximum absolute atomic E-state index is 12.7. The van der Waals surface area contributed by atoms with Crippen LogP contribution in [0.2, 0.25) is 5.02 Å². The van der Waals surface area contributed by atoms with Crippen LogP contribution in [0.1, 0.15) is 15.9 Å². The van der Waals surface area contributed by atoms with E-state index in [9.17, 15) is 4.79 Å². The van der Waals surface area contributed by atoms with Crippen LogP contribution < -0.4 is 5.32 Å². The van der Waals surface area contributed by atoms with Gasteiger partial charge in [0.25, 0.3) is 5.91 Å². The Labute approximate surface area is 177 Å². The highest BCUT2D eigenvalue weighted by Crippen LogP contribution is 2.26. The summed E-state index contributed by atoms with van der Waals surface area (Å²) in [6, 6.07) is 24.9. The lowest BCUT2D eigenvalue weighted by atomic mass is 10.1. The topological polar surface area (TPSA) is 59.8 Å². The van der Waals surface area contributed by atoms with Crippen molar-refractivity contribution < 1.29 is 4.79 Å². The minimum atomic E-state index is -0.260. The molecule has 0 aliphatic rings. The van der Waals surface area contributed by atoms with Crippen molar-refractivity contribution in [2.75, 3.05) is 5.32 Å². The summed E-state index contributed by atoms with van der Waals surface area (Å²) in [6.45, 7) is 1.93. The third kappa shape index (κ3) is 3.19. The number of amides is 1. The van der Waals surface area contributed by atoms with Crippen LogP contribution >= 0.6 is 11.6 Å². The second kappa shape index (κ2) is 7.28. The van der Waals surface area contributed by atoms with Gasteiger partial charge in [-0.25, -0.2) is 0 Å². The van der Waals surface area contributed by atoms with Crippen molar-refractivity contribution in [3.05, 3.63) is 95.0 Å². The first-order valence-electron chi connectivity index (χ1n) is 9.52. The van der Waals surface area contributed by atoms with Gasteiger partial charge in [-0.3, -0.25) is 4.79 Å². The van der Waals surface area contributed by atoms with Gasteiger partial charge in [-0.2, -0.15) is 0 Å². The SMILES string of the molecule is Cc1cc2nn(-c3cccc4ccccc34)nc2cc1NC(=O)c1ccccc1Cl. The Bertz CT molecular complexity index is 1420. The number of rotatable bonds is 3. The molecule has 1 amide bonds. The van der Waals surface area contributed by atoms with Crippen LogP contribution in [-0.2, 0) is 0 Å². The fraction of sp³-hybridized carbons (Fsp3) is 0.0417. The van der Waals surface area contributed by atoms with E-state index in [1.54, 1.807) is 29.1 Å². The summed E-state index contributed by atoms with van der Waals surface area (Å²) in [6.07, 6.45) is 0. The first-order chi connectivity index (χ1) is 14.6. The van der Waals surface area contributed by atoms with Crippen molar-refractivity contribution in [1.82, 2.24) is 15.0 Å². The number of benzene rings is 4. The van der Waals surface area contributed by atoms with Crippen LogP contribution in [-0.4, -0.2) is 20.9 Å². The summed E-state index contributed by atoms with van der Waals surface area (Å²) in [5, 5.41) is 14.9. The number of fused-ring (bicyclic) bond motifs is 2. The van der Waals surface area contributed by atoms with Gasteiger partial charge in [-0.15, -0.1) is 15.0 Å². The van der Waals surface area contributed by atoms with E-state index in [1.807, 2.05) is 43.3 Å². The van der Waals surface area contributed by atoms with Crippen molar-refractivity contribution >= 4 is 45.0 Å². The van der Waals surface area contributed by atoms with Gasteiger partial charge >= 0.3 is 0 Å². The fourth-order valence-electron chi connectivity index (χ4n) is 3.53. The third-order valence-electron chi connectivity index (χ3n) is 5.08. The summed E-state index contributed by atoms with van der Waals surface area (Å²) in [7, 11) is 0. The highest BCUT2D eigenvalue weighted by molar-refractivity contribution is 6.34. The van der Waals surface area contributed by atoms with Crippen LogP contribution in [0.4, 0.5) is 5.69 Å². The van der Waals surface area contributed by atoms with Gasteiger partial charge in [0.15, 0.2) is 0 Å². The zero-order valence-corrected chi connectivity index (χ0v) is 16.9. The minimum Gasteiger partial charge on any atom is -0.322 e. The lowest BCUT2D eigenvalue weighted by Crippen LogP contribution is -2.13. The number of hydrogen-bond acceptors (Lipinski definition) is 3. The Morgan fingerprint density at radius 2 is 1.60 bits per heavy atom. The summed E-state index contributed by atoms with van der Waals surface area (Å²) in [5.41, 5.74) is 4.37. The van der Waals surface area contributed by atoms with E-state index < -0.39 is 0 Å². The molecule has 146 valence electrons. The molecule has 0 aliphatic carbocycles. The molecule has 0 saturated carbocycles. The Hall–Kier alpha value is -3.70. The molecule has 0 spiro atoms. The largest absolute Gasteiger partial charge is 0.322 e. The molecule has 1 aromatic heterocycles. The molecular formula is C24H17ClN4O. The second-order valence-electron chi connectivity index (χ2n) is 7.08. The first kappa shape index (κ1) is 18.3. The highest BCUT2D eigenvalue weighted by atomic mass is 35.5. The molecule has 5 rings (SSSR count). The van der Waals surface area contributed by atoms with E-state index in [2.05, 4.69) is 33.7 Å². The van der Waals surface area contributed by atoms with Gasteiger partial charge < -0.3 is 5.32 Å². The number of aryl methyl sites for hydroxylation is 1. The Morgan fingerprint density at radius 3 is 2.43 bits per heavy atom. The van der Waals surface area contributed by atoms with E-state index in [1.165, 1.54) is 0 Å². The van der Waals surface area contributed by atoms with E-state index >= 15 is 0 Å². The van der Waals surface area contributed by atoms with Crippen molar-refractivity contribution in [2.24, 2.45) is 0 Å². The average molecular weight is 413 g/mol. The van der Waals surface area contributed by atoms with Gasteiger partial charge in [0.05, 0.1) is 16.3 Å². The Morgan fingerprint density at radius 1 is 0.900 bits per heavy atom. The predicted octanol–water partition coefficient (Wildman–Crippen LogP) is 5.79. The Balaban J connectivity index is 1.55. The number of hydrogen-bond donors (Lipinski definition) is 1. The Kier molecular flexibility index (Phi) is 4.45. The molecule has 30 heavy (non-hydrogen) atoms. The number of anilines is 1. The summed E-state index contributed by atoms with van der Waals surface area (Å²) in [5.74, 6) is -0.260. The molecule has 1 N–H and O–H groups in total. The quantitative estimate of drug-likeness (QED) is 0.408. The molecule has 0 unspecified atom stereocenters. The maximum Gasteiger partial charge on any atom is 0.257 e. The number of carbonyl (C=O) groups excluding carboxylic acids is 1. The molecule has 0 fully saturated rings. The van der Waals surface area contributed by atoms with Crippen molar-refractivity contribution in [3.63, 3.8) is 0 Å².